The maximum Gasteiger partial charge on any atom is 0.265 e. The Balaban J connectivity index is 1.78. The van der Waals surface area contributed by atoms with Crippen LogP contribution >= 0.6 is 11.6 Å². The highest BCUT2D eigenvalue weighted by atomic mass is 35.5. The number of amides is 1. The molecule has 128 valence electrons. The van der Waals surface area contributed by atoms with E-state index in [0.717, 1.165) is 27.7 Å². The second kappa shape index (κ2) is 7.11. The smallest absolute Gasteiger partial charge is 0.265 e. The monoisotopic (exact) mass is 354 g/mol. The normalized spacial score (nSPS) is 12.0. The molecular weight excluding hydrogens is 336 g/mol. The van der Waals surface area contributed by atoms with E-state index in [0.29, 0.717) is 10.8 Å². The third-order valence-corrected chi connectivity index (χ3v) is 4.46. The Morgan fingerprint density at radius 2 is 1.96 bits per heavy atom. The Labute approximate surface area is 151 Å². The van der Waals surface area contributed by atoms with Crippen molar-refractivity contribution in [3.8, 4) is 5.75 Å². The van der Waals surface area contributed by atoms with Gasteiger partial charge in [0.2, 0.25) is 0 Å². The molecule has 0 unspecified atom stereocenters. The van der Waals surface area contributed by atoms with Gasteiger partial charge in [0.05, 0.1) is 11.2 Å². The fourth-order valence-electron chi connectivity index (χ4n) is 2.61. The average molecular weight is 355 g/mol. The zero-order chi connectivity index (χ0) is 18.0. The van der Waals surface area contributed by atoms with E-state index in [4.69, 9.17) is 16.3 Å². The number of benzene rings is 2. The Bertz CT molecular complexity index is 940. The number of pyridine rings is 1. The first-order chi connectivity index (χ1) is 12.0. The fourth-order valence-corrected chi connectivity index (χ4v) is 2.72. The number of aromatic nitrogens is 1. The van der Waals surface area contributed by atoms with Gasteiger partial charge in [-0.15, -0.1) is 0 Å². The minimum atomic E-state index is -0.645. The van der Waals surface area contributed by atoms with Crippen molar-refractivity contribution in [2.75, 3.05) is 5.32 Å². The molecule has 1 amide bonds. The van der Waals surface area contributed by atoms with Crippen LogP contribution in [0.5, 0.6) is 5.75 Å². The fraction of sp³-hybridized carbons (Fsp3) is 0.200. The molecule has 0 aliphatic rings. The molecule has 0 fully saturated rings. The van der Waals surface area contributed by atoms with E-state index in [-0.39, 0.29) is 5.91 Å². The predicted octanol–water partition coefficient (Wildman–Crippen LogP) is 4.91. The van der Waals surface area contributed by atoms with Gasteiger partial charge in [0.1, 0.15) is 5.75 Å². The minimum absolute atomic E-state index is 0.221. The second-order valence-corrected chi connectivity index (χ2v) is 6.40. The summed E-state index contributed by atoms with van der Waals surface area (Å²) in [5.74, 6) is 0.390. The zero-order valence-electron chi connectivity index (χ0n) is 14.3. The van der Waals surface area contributed by atoms with Crippen molar-refractivity contribution in [1.82, 2.24) is 4.98 Å². The van der Waals surface area contributed by atoms with Crippen molar-refractivity contribution < 1.29 is 9.53 Å². The molecule has 0 saturated carbocycles. The number of rotatable bonds is 4. The number of nitrogens with one attached hydrogen (secondary N) is 1. The van der Waals surface area contributed by atoms with Crippen LogP contribution in [0.4, 0.5) is 5.69 Å². The van der Waals surface area contributed by atoms with Gasteiger partial charge < -0.3 is 10.1 Å². The largest absolute Gasteiger partial charge is 0.481 e. The van der Waals surface area contributed by atoms with Gasteiger partial charge in [0.25, 0.3) is 5.91 Å². The van der Waals surface area contributed by atoms with Gasteiger partial charge in [0.15, 0.2) is 6.10 Å². The van der Waals surface area contributed by atoms with Gasteiger partial charge in [-0.05, 0) is 68.3 Å². The van der Waals surface area contributed by atoms with Crippen LogP contribution in [0.25, 0.3) is 10.9 Å². The van der Waals surface area contributed by atoms with Crippen LogP contribution in [0.3, 0.4) is 0 Å². The van der Waals surface area contributed by atoms with E-state index in [9.17, 15) is 4.79 Å². The lowest BCUT2D eigenvalue weighted by molar-refractivity contribution is -0.122. The predicted molar refractivity (Wildman–Crippen MR) is 101 cm³/mol. The first-order valence-corrected chi connectivity index (χ1v) is 8.41. The van der Waals surface area contributed by atoms with Crippen LogP contribution in [0, 0.1) is 13.8 Å². The SMILES string of the molecule is Cc1cc(O[C@H](C)C(=O)Nc2ccc(C)c3ncccc23)ccc1Cl. The molecule has 2 aromatic carbocycles. The van der Waals surface area contributed by atoms with Crippen molar-refractivity contribution in [2.45, 2.75) is 26.9 Å². The van der Waals surface area contributed by atoms with Crippen molar-refractivity contribution in [1.29, 1.82) is 0 Å². The van der Waals surface area contributed by atoms with Crippen LogP contribution in [0.2, 0.25) is 5.02 Å². The quantitative estimate of drug-likeness (QED) is 0.724. The van der Waals surface area contributed by atoms with Gasteiger partial charge in [-0.1, -0.05) is 17.7 Å². The molecule has 3 rings (SSSR count). The molecule has 1 atom stereocenters. The number of aryl methyl sites for hydroxylation is 2. The number of nitrogens with zero attached hydrogens (tertiary/aromatic N) is 1. The minimum Gasteiger partial charge on any atom is -0.481 e. The standard InChI is InChI=1S/C20H19ClN2O2/c1-12-6-9-18(16-5-4-10-22-19(12)16)23-20(24)14(3)25-15-7-8-17(21)13(2)11-15/h4-11,14H,1-3H3,(H,23,24)/t14-/m1/s1. The highest BCUT2D eigenvalue weighted by molar-refractivity contribution is 6.31. The molecule has 0 spiro atoms. The summed E-state index contributed by atoms with van der Waals surface area (Å²) in [5, 5.41) is 4.51. The van der Waals surface area contributed by atoms with E-state index in [1.165, 1.54) is 0 Å². The highest BCUT2D eigenvalue weighted by Gasteiger charge is 2.16. The number of hydrogen-bond donors (Lipinski definition) is 1. The van der Waals surface area contributed by atoms with Crippen molar-refractivity contribution in [3.05, 3.63) is 64.8 Å². The summed E-state index contributed by atoms with van der Waals surface area (Å²) in [4.78, 5) is 16.9. The molecule has 3 aromatic rings. The molecule has 0 aliphatic carbocycles. The summed E-state index contributed by atoms with van der Waals surface area (Å²) in [7, 11) is 0. The Morgan fingerprint density at radius 3 is 2.72 bits per heavy atom. The van der Waals surface area contributed by atoms with Crippen LogP contribution in [0.15, 0.2) is 48.7 Å². The van der Waals surface area contributed by atoms with Crippen LogP contribution < -0.4 is 10.1 Å². The highest BCUT2D eigenvalue weighted by Crippen LogP contribution is 2.25. The van der Waals surface area contributed by atoms with Crippen molar-refractivity contribution >= 4 is 34.1 Å². The first kappa shape index (κ1) is 17.2. The number of anilines is 1. The third kappa shape index (κ3) is 3.74. The first-order valence-electron chi connectivity index (χ1n) is 8.03. The van der Waals surface area contributed by atoms with Gasteiger partial charge in [-0.3, -0.25) is 9.78 Å². The second-order valence-electron chi connectivity index (χ2n) is 5.99. The number of ether oxygens (including phenoxy) is 1. The molecule has 1 heterocycles. The lowest BCUT2D eigenvalue weighted by Gasteiger charge is -2.16. The maximum atomic E-state index is 12.5. The van der Waals surface area contributed by atoms with Gasteiger partial charge >= 0.3 is 0 Å². The molecule has 1 aromatic heterocycles. The number of halogens is 1. The molecule has 4 nitrogen and oxygen atoms in total. The molecule has 25 heavy (non-hydrogen) atoms. The molecule has 0 bridgehead atoms. The molecular formula is C20H19ClN2O2. The Morgan fingerprint density at radius 1 is 1.16 bits per heavy atom. The summed E-state index contributed by atoms with van der Waals surface area (Å²) >= 11 is 6.01. The summed E-state index contributed by atoms with van der Waals surface area (Å²) in [6.45, 7) is 5.61. The topological polar surface area (TPSA) is 51.2 Å². The van der Waals surface area contributed by atoms with E-state index in [1.807, 2.05) is 44.2 Å². The lowest BCUT2D eigenvalue weighted by atomic mass is 10.1. The number of fused-ring (bicyclic) bond motifs is 1. The maximum absolute atomic E-state index is 12.5. The van der Waals surface area contributed by atoms with Crippen molar-refractivity contribution in [2.24, 2.45) is 0 Å². The van der Waals surface area contributed by atoms with Crippen molar-refractivity contribution in [3.63, 3.8) is 0 Å². The average Bonchev–Trinajstić information content (AvgIpc) is 2.60. The van der Waals surface area contributed by atoms with E-state index >= 15 is 0 Å². The summed E-state index contributed by atoms with van der Waals surface area (Å²) in [6, 6.07) is 13.0. The molecule has 5 heteroatoms. The third-order valence-electron chi connectivity index (χ3n) is 4.04. The molecule has 0 radical (unpaired) electrons. The number of carbonyl (C=O) groups excluding carboxylic acids is 1. The summed E-state index contributed by atoms with van der Waals surface area (Å²) < 4.78 is 5.73. The number of hydrogen-bond acceptors (Lipinski definition) is 3. The summed E-state index contributed by atoms with van der Waals surface area (Å²) in [6.07, 6.45) is 1.10. The number of carbonyl (C=O) groups is 1. The molecule has 0 aliphatic heterocycles. The molecule has 0 saturated heterocycles. The molecule has 1 N–H and O–H groups in total. The van der Waals surface area contributed by atoms with Crippen LogP contribution in [-0.4, -0.2) is 17.0 Å². The zero-order valence-corrected chi connectivity index (χ0v) is 15.1. The van der Waals surface area contributed by atoms with Gasteiger partial charge in [-0.25, -0.2) is 0 Å². The Kier molecular flexibility index (Phi) is 4.91. The van der Waals surface area contributed by atoms with Crippen LogP contribution in [-0.2, 0) is 4.79 Å². The van der Waals surface area contributed by atoms with E-state index in [2.05, 4.69) is 10.3 Å². The van der Waals surface area contributed by atoms with E-state index in [1.54, 1.807) is 25.3 Å². The summed E-state index contributed by atoms with van der Waals surface area (Å²) in [5.41, 5.74) is 3.57. The lowest BCUT2D eigenvalue weighted by Crippen LogP contribution is -2.30. The van der Waals surface area contributed by atoms with E-state index < -0.39 is 6.10 Å². The van der Waals surface area contributed by atoms with Crippen LogP contribution in [0.1, 0.15) is 18.1 Å². The van der Waals surface area contributed by atoms with Gasteiger partial charge in [0, 0.05) is 16.6 Å². The Hall–Kier alpha value is -2.59. The van der Waals surface area contributed by atoms with Gasteiger partial charge in [-0.2, -0.15) is 0 Å².